The van der Waals surface area contributed by atoms with Gasteiger partial charge in [0.15, 0.2) is 0 Å². The van der Waals surface area contributed by atoms with Gasteiger partial charge in [-0.3, -0.25) is 14.3 Å². The Hall–Kier alpha value is -4.94. The van der Waals surface area contributed by atoms with E-state index in [9.17, 15) is 14.0 Å². The first-order valence-electron chi connectivity index (χ1n) is 16.0. The Balaban J connectivity index is 1.46. The van der Waals surface area contributed by atoms with Crippen LogP contribution in [0, 0.1) is 0 Å². The third-order valence-corrected chi connectivity index (χ3v) is 10.6. The van der Waals surface area contributed by atoms with Gasteiger partial charge in [0.2, 0.25) is 11.8 Å². The highest BCUT2D eigenvalue weighted by Crippen LogP contribution is 2.52. The molecule has 0 saturated heterocycles. The number of allylic oxidation sites excluding steroid dienone is 3. The molecule has 2 aliphatic heterocycles. The van der Waals surface area contributed by atoms with Crippen LogP contribution in [0.2, 0.25) is 0 Å². The van der Waals surface area contributed by atoms with Gasteiger partial charge in [-0.25, -0.2) is 13.8 Å². The summed E-state index contributed by atoms with van der Waals surface area (Å²) in [7, 11) is 1.52. The smallest absolute Gasteiger partial charge is 0.246 e. The van der Waals surface area contributed by atoms with E-state index < -0.39 is 11.2 Å². The molecule has 1 N–H and O–H groups in total. The number of amides is 2. The van der Waals surface area contributed by atoms with Crippen LogP contribution < -0.4 is 5.32 Å². The van der Waals surface area contributed by atoms with Crippen molar-refractivity contribution in [1.82, 2.24) is 25.0 Å². The molecule has 5 heterocycles. The van der Waals surface area contributed by atoms with Crippen LogP contribution in [0.3, 0.4) is 0 Å². The van der Waals surface area contributed by atoms with E-state index in [2.05, 4.69) is 24.5 Å². The molecule has 0 bridgehead atoms. The normalized spacial score (nSPS) is 18.2. The molecule has 12 heteroatoms. The summed E-state index contributed by atoms with van der Waals surface area (Å²) in [5.41, 5.74) is 4.97. The molecular formula is C37H35F2N5O4S. The number of hydrogen-bond donors (Lipinski definition) is 1. The molecule has 4 aromatic rings. The number of nitrogens with zero attached hydrogens (tertiary/aromatic N) is 4. The number of carbonyl (C=O) groups excluding carboxylic acids is 2. The maximum absolute atomic E-state index is 16.1. The van der Waals surface area contributed by atoms with Crippen molar-refractivity contribution in [2.75, 3.05) is 26.9 Å². The summed E-state index contributed by atoms with van der Waals surface area (Å²) >= 11 is 1.39. The van der Waals surface area contributed by atoms with Gasteiger partial charge in [-0.05, 0) is 60.5 Å². The maximum Gasteiger partial charge on any atom is 0.246 e. The monoisotopic (exact) mass is 683 g/mol. The van der Waals surface area contributed by atoms with Gasteiger partial charge in [0.25, 0.3) is 0 Å². The predicted octanol–water partition coefficient (Wildman–Crippen LogP) is 6.92. The summed E-state index contributed by atoms with van der Waals surface area (Å²) in [6.07, 6.45) is 3.79. The molecule has 7 rings (SSSR count). The first-order chi connectivity index (χ1) is 23.7. The minimum absolute atomic E-state index is 0.0162. The van der Waals surface area contributed by atoms with Crippen LogP contribution in [0.4, 0.5) is 8.78 Å². The van der Waals surface area contributed by atoms with Gasteiger partial charge < -0.3 is 19.7 Å². The molecule has 1 fully saturated rings. The molecule has 1 saturated carbocycles. The highest BCUT2D eigenvalue weighted by atomic mass is 32.1. The molecule has 9 nitrogen and oxygen atoms in total. The molecule has 2 amide bonds. The number of aromatic nitrogens is 3. The standard InChI is InChI=1S/C37H35F2N5O4S/c1-5-30(45)43-13-14-44-29(21(43)2)19-28(42-44)34-32(31(27(39)8-12-38)22(3)48-16-15-47-4)35-25(9-17-49-35)33(41-34)23-6-7-26-24(18-23)20-40-36(46)37(26)10-11-37/h5-9,12,17-19,21H,1,3,10-11,13-16,20H2,2,4H3,(H,40,46)/b12-8+,31-27-/t21-/m1/s1. The SMILES string of the molecule is C=CC(=O)N1CCn2nc(-c3nc(-c4ccc5c(c4)CNC(=O)C54CC4)c4ccsc4c3/C(C(=C)OCCOC)=C(F)/C=C/F)cc2[C@H]1C. The number of benzene rings is 1. The van der Waals surface area contributed by atoms with Crippen LogP contribution in [0.25, 0.3) is 38.3 Å². The van der Waals surface area contributed by atoms with Crippen LogP contribution in [0.5, 0.6) is 0 Å². The van der Waals surface area contributed by atoms with Crippen molar-refractivity contribution in [3.05, 3.63) is 101 Å². The van der Waals surface area contributed by atoms with Crippen molar-refractivity contribution in [2.45, 2.75) is 44.3 Å². The minimum atomic E-state index is -0.894. The zero-order valence-electron chi connectivity index (χ0n) is 27.2. The van der Waals surface area contributed by atoms with Crippen molar-refractivity contribution in [3.63, 3.8) is 0 Å². The Bertz CT molecular complexity index is 2090. The second kappa shape index (κ2) is 12.8. The first kappa shape index (κ1) is 32.6. The van der Waals surface area contributed by atoms with E-state index in [0.29, 0.717) is 47.0 Å². The largest absolute Gasteiger partial charge is 0.491 e. The topological polar surface area (TPSA) is 98.6 Å². The molecule has 1 atom stereocenters. The molecule has 1 aromatic carbocycles. The van der Waals surface area contributed by atoms with Crippen LogP contribution in [-0.4, -0.2) is 58.3 Å². The third kappa shape index (κ3) is 5.48. The zero-order valence-corrected chi connectivity index (χ0v) is 28.0. The highest BCUT2D eigenvalue weighted by molar-refractivity contribution is 7.17. The van der Waals surface area contributed by atoms with Gasteiger partial charge in [-0.15, -0.1) is 11.3 Å². The number of fused-ring (bicyclic) bond motifs is 4. The quantitative estimate of drug-likeness (QED) is 0.0844. The number of halogens is 2. The zero-order chi connectivity index (χ0) is 34.4. The fraction of sp³-hybridized carbons (Fsp3) is 0.297. The molecule has 3 aliphatic rings. The number of thiophene rings is 1. The van der Waals surface area contributed by atoms with Crippen LogP contribution in [0.15, 0.2) is 78.9 Å². The molecule has 1 aliphatic carbocycles. The minimum Gasteiger partial charge on any atom is -0.491 e. The number of ether oxygens (including phenoxy) is 2. The van der Waals surface area contributed by atoms with E-state index in [4.69, 9.17) is 19.6 Å². The molecule has 0 unspecified atom stereocenters. The van der Waals surface area contributed by atoms with Crippen molar-refractivity contribution in [2.24, 2.45) is 0 Å². The summed E-state index contributed by atoms with van der Waals surface area (Å²) in [6, 6.07) is 9.54. The highest BCUT2D eigenvalue weighted by Gasteiger charge is 2.53. The Morgan fingerprint density at radius 1 is 1.20 bits per heavy atom. The molecule has 3 aromatic heterocycles. The summed E-state index contributed by atoms with van der Waals surface area (Å²) < 4.78 is 43.1. The Morgan fingerprint density at radius 2 is 2.02 bits per heavy atom. The van der Waals surface area contributed by atoms with Crippen LogP contribution in [0.1, 0.15) is 48.2 Å². The molecule has 0 radical (unpaired) electrons. The van der Waals surface area contributed by atoms with Gasteiger partial charge in [-0.1, -0.05) is 25.3 Å². The van der Waals surface area contributed by atoms with Gasteiger partial charge in [-0.2, -0.15) is 5.10 Å². The number of hydrogen-bond acceptors (Lipinski definition) is 7. The lowest BCUT2D eigenvalue weighted by atomic mass is 9.85. The number of rotatable bonds is 10. The van der Waals surface area contributed by atoms with Crippen LogP contribution >= 0.6 is 11.3 Å². The van der Waals surface area contributed by atoms with Gasteiger partial charge in [0.1, 0.15) is 29.6 Å². The van der Waals surface area contributed by atoms with Crippen molar-refractivity contribution >= 4 is 38.8 Å². The average molecular weight is 684 g/mol. The fourth-order valence-electron chi connectivity index (χ4n) is 6.99. The maximum atomic E-state index is 16.1. The van der Waals surface area contributed by atoms with E-state index in [1.165, 1.54) is 24.5 Å². The van der Waals surface area contributed by atoms with Crippen molar-refractivity contribution in [3.8, 4) is 22.6 Å². The number of pyridine rings is 1. The van der Waals surface area contributed by atoms with E-state index in [1.54, 1.807) is 4.90 Å². The van der Waals surface area contributed by atoms with E-state index in [0.717, 1.165) is 46.7 Å². The summed E-state index contributed by atoms with van der Waals surface area (Å²) in [4.78, 5) is 32.3. The van der Waals surface area contributed by atoms with Gasteiger partial charge >= 0.3 is 0 Å². The summed E-state index contributed by atoms with van der Waals surface area (Å²) in [5, 5.41) is 10.6. The number of nitrogens with one attached hydrogen (secondary N) is 1. The Labute approximate surface area is 286 Å². The second-order valence-electron chi connectivity index (χ2n) is 12.4. The van der Waals surface area contributed by atoms with Crippen molar-refractivity contribution in [1.29, 1.82) is 0 Å². The molecule has 49 heavy (non-hydrogen) atoms. The lowest BCUT2D eigenvalue weighted by molar-refractivity contribution is -0.129. The van der Waals surface area contributed by atoms with E-state index in [-0.39, 0.29) is 48.7 Å². The summed E-state index contributed by atoms with van der Waals surface area (Å²) in [6.45, 7) is 11.2. The van der Waals surface area contributed by atoms with Gasteiger partial charge in [0.05, 0.1) is 47.9 Å². The molecule has 252 valence electrons. The predicted molar refractivity (Wildman–Crippen MR) is 185 cm³/mol. The average Bonchev–Trinajstić information content (AvgIpc) is 3.51. The Morgan fingerprint density at radius 3 is 2.76 bits per heavy atom. The fourth-order valence-corrected chi connectivity index (χ4v) is 7.94. The van der Waals surface area contributed by atoms with Gasteiger partial charge in [0, 0.05) is 47.5 Å². The van der Waals surface area contributed by atoms with E-state index >= 15 is 4.39 Å². The lowest BCUT2D eigenvalue weighted by Gasteiger charge is -2.33. The van der Waals surface area contributed by atoms with Crippen molar-refractivity contribution < 1.29 is 27.8 Å². The number of methoxy groups -OCH3 is 1. The number of carbonyl (C=O) groups is 2. The van der Waals surface area contributed by atoms with Crippen LogP contribution in [-0.2, 0) is 37.6 Å². The Kier molecular flexibility index (Phi) is 8.53. The first-order valence-corrected chi connectivity index (χ1v) is 16.9. The van der Waals surface area contributed by atoms with E-state index in [1.807, 2.05) is 41.3 Å². The summed E-state index contributed by atoms with van der Waals surface area (Å²) in [5.74, 6) is -1.03. The molecule has 1 spiro atoms. The second-order valence-corrected chi connectivity index (χ2v) is 13.3. The third-order valence-electron chi connectivity index (χ3n) is 9.63. The molecular weight excluding hydrogens is 649 g/mol. The lowest BCUT2D eigenvalue weighted by Crippen LogP contribution is -2.40.